The minimum Gasteiger partial charge on any atom is -0.449 e. The van der Waals surface area contributed by atoms with E-state index in [2.05, 4.69) is 45.5 Å². The summed E-state index contributed by atoms with van der Waals surface area (Å²) in [4.78, 5) is 12.8. The number of hydrogen-bond acceptors (Lipinski definition) is 5. The zero-order chi connectivity index (χ0) is 20.4. The third-order valence-electron chi connectivity index (χ3n) is 5.05. The molecule has 2 aromatic carbocycles. The number of aliphatic hydroxyl groups is 2. The molecular weight excluding hydrogens is 454 g/mol. The Labute approximate surface area is 181 Å². The minimum absolute atomic E-state index is 0.0212. The van der Waals surface area contributed by atoms with Gasteiger partial charge in [-0.3, -0.25) is 0 Å². The van der Waals surface area contributed by atoms with Crippen molar-refractivity contribution in [2.45, 2.75) is 18.1 Å². The van der Waals surface area contributed by atoms with Crippen LogP contribution in [0.15, 0.2) is 64.5 Å². The van der Waals surface area contributed by atoms with Gasteiger partial charge in [-0.25, -0.2) is 4.79 Å². The van der Waals surface area contributed by atoms with Crippen molar-refractivity contribution in [3.63, 3.8) is 0 Å². The molecule has 150 valence electrons. The van der Waals surface area contributed by atoms with Crippen LogP contribution in [0, 0.1) is 0 Å². The van der Waals surface area contributed by atoms with E-state index >= 15 is 0 Å². The fourth-order valence-corrected chi connectivity index (χ4v) is 5.09. The summed E-state index contributed by atoms with van der Waals surface area (Å²) >= 11 is 4.66. The maximum Gasteiger partial charge on any atom is 0.407 e. The molecule has 29 heavy (non-hydrogen) atoms. The summed E-state index contributed by atoms with van der Waals surface area (Å²) in [5, 5.41) is 22.9. The van der Waals surface area contributed by atoms with Crippen molar-refractivity contribution in [2.24, 2.45) is 0 Å². The number of alkyl carbamates (subject to hydrolysis) is 1. The molecule has 1 aliphatic carbocycles. The topological polar surface area (TPSA) is 78.8 Å². The first-order chi connectivity index (χ1) is 14.0. The molecule has 0 saturated heterocycles. The molecule has 0 fully saturated rings. The van der Waals surface area contributed by atoms with Crippen molar-refractivity contribution in [1.82, 2.24) is 5.32 Å². The number of aliphatic hydroxyl groups excluding tert-OH is 2. The predicted molar refractivity (Wildman–Crippen MR) is 116 cm³/mol. The van der Waals surface area contributed by atoms with Crippen molar-refractivity contribution < 1.29 is 19.7 Å². The van der Waals surface area contributed by atoms with Gasteiger partial charge in [0.2, 0.25) is 0 Å². The normalized spacial score (nSPS) is 14.7. The minimum atomic E-state index is -1.12. The molecule has 0 bridgehead atoms. The SMILES string of the molecule is O=C(NCC(O)C(O)c1ccc(Br)s1)OCC1c2ccccc2-c2ccccc21. The van der Waals surface area contributed by atoms with Gasteiger partial charge < -0.3 is 20.3 Å². The molecule has 1 heterocycles. The number of thiophene rings is 1. The molecule has 1 aromatic heterocycles. The van der Waals surface area contributed by atoms with Crippen molar-refractivity contribution >= 4 is 33.4 Å². The average Bonchev–Trinajstić information content (AvgIpc) is 3.31. The van der Waals surface area contributed by atoms with Gasteiger partial charge in [0.15, 0.2) is 0 Å². The predicted octanol–water partition coefficient (Wildman–Crippen LogP) is 4.44. The molecule has 3 N–H and O–H groups in total. The molecule has 0 radical (unpaired) electrons. The maximum absolute atomic E-state index is 12.2. The van der Waals surface area contributed by atoms with Crippen LogP contribution in [0.3, 0.4) is 0 Å². The Morgan fingerprint density at radius 1 is 1.03 bits per heavy atom. The summed E-state index contributed by atoms with van der Waals surface area (Å²) in [6.07, 6.45) is -2.81. The third kappa shape index (κ3) is 4.23. The van der Waals surface area contributed by atoms with Crippen molar-refractivity contribution in [2.75, 3.05) is 13.2 Å². The van der Waals surface area contributed by atoms with E-state index in [1.165, 1.54) is 11.3 Å². The van der Waals surface area contributed by atoms with E-state index in [9.17, 15) is 15.0 Å². The monoisotopic (exact) mass is 473 g/mol. The van der Waals surface area contributed by atoms with E-state index in [1.807, 2.05) is 24.3 Å². The van der Waals surface area contributed by atoms with Crippen LogP contribution in [0.2, 0.25) is 0 Å². The van der Waals surface area contributed by atoms with Crippen LogP contribution in [0.1, 0.15) is 28.0 Å². The molecule has 0 spiro atoms. The number of ether oxygens (including phenoxy) is 1. The number of nitrogens with one attached hydrogen (secondary N) is 1. The summed E-state index contributed by atoms with van der Waals surface area (Å²) in [5.41, 5.74) is 4.61. The molecule has 2 atom stereocenters. The van der Waals surface area contributed by atoms with E-state index in [4.69, 9.17) is 4.74 Å². The largest absolute Gasteiger partial charge is 0.449 e. The van der Waals surface area contributed by atoms with E-state index in [0.29, 0.717) is 4.88 Å². The van der Waals surface area contributed by atoms with Gasteiger partial charge in [-0.2, -0.15) is 0 Å². The van der Waals surface area contributed by atoms with Crippen LogP contribution < -0.4 is 5.32 Å². The highest BCUT2D eigenvalue weighted by atomic mass is 79.9. The van der Waals surface area contributed by atoms with E-state index < -0.39 is 18.3 Å². The Bertz CT molecular complexity index is 976. The lowest BCUT2D eigenvalue weighted by atomic mass is 9.98. The van der Waals surface area contributed by atoms with E-state index in [0.717, 1.165) is 26.0 Å². The van der Waals surface area contributed by atoms with Crippen LogP contribution in [-0.4, -0.2) is 35.6 Å². The number of carbonyl (C=O) groups is 1. The van der Waals surface area contributed by atoms with Crippen molar-refractivity contribution in [3.05, 3.63) is 80.5 Å². The number of amides is 1. The Morgan fingerprint density at radius 2 is 1.66 bits per heavy atom. The molecule has 4 rings (SSSR count). The Hall–Kier alpha value is -2.19. The van der Waals surface area contributed by atoms with Crippen molar-refractivity contribution in [3.8, 4) is 11.1 Å². The molecule has 1 amide bonds. The quantitative estimate of drug-likeness (QED) is 0.494. The second-order valence-corrected chi connectivity index (χ2v) is 9.36. The lowest BCUT2D eigenvalue weighted by Gasteiger charge is -2.18. The zero-order valence-electron chi connectivity index (χ0n) is 15.4. The fraction of sp³-hybridized carbons (Fsp3) is 0.227. The lowest BCUT2D eigenvalue weighted by molar-refractivity contribution is 0.0206. The number of hydrogen-bond donors (Lipinski definition) is 3. The van der Waals surface area contributed by atoms with Gasteiger partial charge in [0.25, 0.3) is 0 Å². The number of halogens is 1. The first-order valence-electron chi connectivity index (χ1n) is 9.25. The Balaban J connectivity index is 1.34. The van der Waals surface area contributed by atoms with Crippen LogP contribution >= 0.6 is 27.3 Å². The maximum atomic E-state index is 12.2. The summed E-state index contributed by atoms with van der Waals surface area (Å²) in [6.45, 7) is 0.101. The summed E-state index contributed by atoms with van der Waals surface area (Å²) in [7, 11) is 0. The van der Waals surface area contributed by atoms with Gasteiger partial charge in [0.1, 0.15) is 18.8 Å². The van der Waals surface area contributed by atoms with Crippen LogP contribution in [-0.2, 0) is 4.74 Å². The van der Waals surface area contributed by atoms with Crippen LogP contribution in [0.25, 0.3) is 11.1 Å². The summed E-state index contributed by atoms with van der Waals surface area (Å²) < 4.78 is 6.30. The second-order valence-electron chi connectivity index (χ2n) is 6.86. The number of carbonyl (C=O) groups excluding carboxylic acids is 1. The molecule has 7 heteroatoms. The van der Waals surface area contributed by atoms with Gasteiger partial charge in [-0.05, 0) is 50.3 Å². The molecule has 0 aliphatic heterocycles. The summed E-state index contributed by atoms with van der Waals surface area (Å²) in [5.74, 6) is -0.0212. The van der Waals surface area contributed by atoms with E-state index in [1.54, 1.807) is 12.1 Å². The highest BCUT2D eigenvalue weighted by molar-refractivity contribution is 9.11. The second kappa shape index (κ2) is 8.67. The molecule has 0 saturated carbocycles. The highest BCUT2D eigenvalue weighted by Gasteiger charge is 2.29. The molecular formula is C22H20BrNO4S. The number of fused-ring (bicyclic) bond motifs is 3. The number of benzene rings is 2. The number of rotatable bonds is 6. The van der Waals surface area contributed by atoms with Gasteiger partial charge in [-0.15, -0.1) is 11.3 Å². The smallest absolute Gasteiger partial charge is 0.407 e. The highest BCUT2D eigenvalue weighted by Crippen LogP contribution is 2.44. The van der Waals surface area contributed by atoms with Crippen molar-refractivity contribution in [1.29, 1.82) is 0 Å². The molecule has 3 aromatic rings. The molecule has 1 aliphatic rings. The standard InChI is InChI=1S/C22H20BrNO4S/c23-20-10-9-19(29-20)21(26)18(25)11-24-22(27)28-12-17-15-7-3-1-5-13(15)14-6-2-4-8-16(14)17/h1-10,17-18,21,25-26H,11-12H2,(H,24,27). The third-order valence-corrected chi connectivity index (χ3v) is 6.74. The fourth-order valence-electron chi connectivity index (χ4n) is 3.63. The first kappa shape index (κ1) is 20.1. The van der Waals surface area contributed by atoms with Gasteiger partial charge in [0.05, 0.1) is 3.79 Å². The average molecular weight is 474 g/mol. The first-order valence-corrected chi connectivity index (χ1v) is 10.9. The van der Waals surface area contributed by atoms with Gasteiger partial charge in [-0.1, -0.05) is 48.5 Å². The van der Waals surface area contributed by atoms with Crippen LogP contribution in [0.5, 0.6) is 0 Å². The molecule has 5 nitrogen and oxygen atoms in total. The lowest BCUT2D eigenvalue weighted by Crippen LogP contribution is -2.36. The summed E-state index contributed by atoms with van der Waals surface area (Å²) in [6, 6.07) is 19.8. The van der Waals surface area contributed by atoms with Gasteiger partial charge in [0, 0.05) is 17.3 Å². The Morgan fingerprint density at radius 3 is 2.24 bits per heavy atom. The van der Waals surface area contributed by atoms with E-state index in [-0.39, 0.29) is 19.1 Å². The molecule has 2 unspecified atom stereocenters. The Kier molecular flexibility index (Phi) is 6.01. The van der Waals surface area contributed by atoms with Crippen LogP contribution in [0.4, 0.5) is 4.79 Å². The van der Waals surface area contributed by atoms with Gasteiger partial charge >= 0.3 is 6.09 Å². The zero-order valence-corrected chi connectivity index (χ0v) is 17.8.